The molecular weight excluding hydrogens is 338 g/mol. The van der Waals surface area contributed by atoms with Gasteiger partial charge >= 0.3 is 0 Å². The summed E-state index contributed by atoms with van der Waals surface area (Å²) in [6, 6.07) is 5.82. The molecule has 138 valence electrons. The molecule has 7 nitrogen and oxygen atoms in total. The maximum atomic E-state index is 13.0. The van der Waals surface area contributed by atoms with Crippen molar-refractivity contribution in [3.05, 3.63) is 48.3 Å². The highest BCUT2D eigenvalue weighted by atomic mass is 16.3. The first-order valence-electron chi connectivity index (χ1n) is 8.32. The summed E-state index contributed by atoms with van der Waals surface area (Å²) in [5.41, 5.74) is -1.47. The normalized spacial score (nSPS) is 24.0. The van der Waals surface area contributed by atoms with Gasteiger partial charge in [-0.2, -0.15) is 0 Å². The Balaban J connectivity index is 2.20. The van der Waals surface area contributed by atoms with Gasteiger partial charge in [0.15, 0.2) is 5.76 Å². The Bertz CT molecular complexity index is 818. The second-order valence-electron chi connectivity index (χ2n) is 6.62. The van der Waals surface area contributed by atoms with Gasteiger partial charge in [-0.15, -0.1) is 0 Å². The summed E-state index contributed by atoms with van der Waals surface area (Å²) in [6.07, 6.45) is 2.41. The molecule has 0 saturated heterocycles. The fraction of sp³-hybridized carbons (Fsp3) is 0.368. The van der Waals surface area contributed by atoms with Gasteiger partial charge in [-0.3, -0.25) is 4.79 Å². The molecule has 26 heavy (non-hydrogen) atoms. The minimum atomic E-state index is -1.94. The highest BCUT2D eigenvalue weighted by molar-refractivity contribution is 6.33. The summed E-state index contributed by atoms with van der Waals surface area (Å²) in [5.74, 6) is -0.618. The van der Waals surface area contributed by atoms with Crippen molar-refractivity contribution in [1.29, 1.82) is 0 Å². The Morgan fingerprint density at radius 2 is 1.73 bits per heavy atom. The smallest absolute Gasteiger partial charge is 0.220 e. The van der Waals surface area contributed by atoms with Crippen molar-refractivity contribution in [2.75, 3.05) is 0 Å². The number of nitrogens with zero attached hydrogens (tertiary/aromatic N) is 1. The number of aldehydes is 1. The van der Waals surface area contributed by atoms with Crippen LogP contribution in [0.4, 0.5) is 0 Å². The Kier molecular flexibility index (Phi) is 4.60. The highest BCUT2D eigenvalue weighted by Gasteiger charge is 2.53. The minimum Gasteiger partial charge on any atom is -0.464 e. The van der Waals surface area contributed by atoms with Crippen LogP contribution in [0.2, 0.25) is 0 Å². The number of aliphatic hydroxyl groups excluding tert-OH is 1. The minimum absolute atomic E-state index is 0.160. The molecule has 7 heteroatoms. The first-order valence-corrected chi connectivity index (χ1v) is 8.32. The highest BCUT2D eigenvalue weighted by Crippen LogP contribution is 2.45. The van der Waals surface area contributed by atoms with Crippen LogP contribution in [0.1, 0.15) is 32.3 Å². The van der Waals surface area contributed by atoms with Gasteiger partial charge in [0.2, 0.25) is 11.5 Å². The molecule has 2 N–H and O–H groups in total. The van der Waals surface area contributed by atoms with Crippen LogP contribution >= 0.6 is 0 Å². The number of aliphatic hydroxyl groups is 2. The molecule has 0 bridgehead atoms. The largest absolute Gasteiger partial charge is 0.464 e. The number of furan rings is 2. The van der Waals surface area contributed by atoms with Gasteiger partial charge in [0.25, 0.3) is 0 Å². The number of ketones is 1. The van der Waals surface area contributed by atoms with Crippen LogP contribution in [0.15, 0.2) is 45.6 Å². The molecule has 1 aliphatic heterocycles. The molecule has 1 aliphatic rings. The summed E-state index contributed by atoms with van der Waals surface area (Å²) in [6.45, 7) is 4.56. The summed E-state index contributed by atoms with van der Waals surface area (Å²) in [5, 5.41) is 21.5. The second kappa shape index (κ2) is 6.59. The third kappa shape index (κ3) is 2.69. The quantitative estimate of drug-likeness (QED) is 0.759. The number of hydrogen-bond donors (Lipinski definition) is 2. The van der Waals surface area contributed by atoms with E-state index in [0.717, 1.165) is 0 Å². The SMILES string of the molecule is CC(C=O)C(O)C(C)N1C(c2ccco2)=C(c2ccco2)C(=O)C1(C)O. The van der Waals surface area contributed by atoms with E-state index in [-0.39, 0.29) is 11.3 Å². The average Bonchev–Trinajstić information content (AvgIpc) is 3.34. The zero-order valence-electron chi connectivity index (χ0n) is 14.7. The summed E-state index contributed by atoms with van der Waals surface area (Å²) in [7, 11) is 0. The number of hydrogen-bond acceptors (Lipinski definition) is 7. The van der Waals surface area contributed by atoms with Crippen LogP contribution < -0.4 is 0 Å². The monoisotopic (exact) mass is 359 g/mol. The van der Waals surface area contributed by atoms with Crippen LogP contribution in [0.3, 0.4) is 0 Å². The van der Waals surface area contributed by atoms with Crippen LogP contribution in [0, 0.1) is 5.92 Å². The van der Waals surface area contributed by atoms with Gasteiger partial charge in [0, 0.05) is 5.92 Å². The van der Waals surface area contributed by atoms with Gasteiger partial charge in [-0.1, -0.05) is 6.92 Å². The molecule has 0 aliphatic carbocycles. The van der Waals surface area contributed by atoms with E-state index in [1.807, 2.05) is 0 Å². The predicted molar refractivity (Wildman–Crippen MR) is 92.4 cm³/mol. The van der Waals surface area contributed by atoms with Gasteiger partial charge in [0.05, 0.1) is 35.9 Å². The maximum Gasteiger partial charge on any atom is 0.220 e. The third-order valence-corrected chi connectivity index (χ3v) is 4.78. The van der Waals surface area contributed by atoms with Crippen molar-refractivity contribution in [3.8, 4) is 0 Å². The van der Waals surface area contributed by atoms with E-state index in [4.69, 9.17) is 8.83 Å². The van der Waals surface area contributed by atoms with Crippen molar-refractivity contribution < 1.29 is 28.6 Å². The van der Waals surface area contributed by atoms with E-state index in [1.165, 1.54) is 24.3 Å². The molecule has 3 rings (SSSR count). The molecular formula is C19H21NO6. The van der Waals surface area contributed by atoms with Crippen molar-refractivity contribution in [1.82, 2.24) is 4.90 Å². The number of Topliss-reactive ketones (excluding diaryl/α,β-unsaturated/α-hetero) is 1. The fourth-order valence-electron chi connectivity index (χ4n) is 3.37. The molecule has 4 unspecified atom stereocenters. The number of carbonyl (C=O) groups excluding carboxylic acids is 2. The van der Waals surface area contributed by atoms with Crippen molar-refractivity contribution in [3.63, 3.8) is 0 Å². The molecule has 3 heterocycles. The Hall–Kier alpha value is -2.64. The molecule has 0 amide bonds. The van der Waals surface area contributed by atoms with Crippen LogP contribution in [0.25, 0.3) is 11.3 Å². The molecule has 0 fully saturated rings. The molecule has 2 aromatic heterocycles. The lowest BCUT2D eigenvalue weighted by Gasteiger charge is -2.40. The van der Waals surface area contributed by atoms with E-state index in [0.29, 0.717) is 17.7 Å². The number of rotatable bonds is 6. The van der Waals surface area contributed by atoms with Gasteiger partial charge in [-0.25, -0.2) is 0 Å². The first-order chi connectivity index (χ1) is 12.3. The lowest BCUT2D eigenvalue weighted by atomic mass is 9.97. The van der Waals surface area contributed by atoms with Crippen LogP contribution in [-0.4, -0.2) is 45.1 Å². The van der Waals surface area contributed by atoms with Crippen molar-refractivity contribution in [2.45, 2.75) is 38.6 Å². The van der Waals surface area contributed by atoms with E-state index < -0.39 is 29.6 Å². The second-order valence-corrected chi connectivity index (χ2v) is 6.62. The maximum absolute atomic E-state index is 13.0. The number of carbonyl (C=O) groups is 2. The van der Waals surface area contributed by atoms with Crippen molar-refractivity contribution >= 4 is 23.3 Å². The molecule has 2 aromatic rings. The summed E-state index contributed by atoms with van der Waals surface area (Å²) in [4.78, 5) is 25.5. The Morgan fingerprint density at radius 1 is 1.15 bits per heavy atom. The topological polar surface area (TPSA) is 104 Å². The van der Waals surface area contributed by atoms with Crippen molar-refractivity contribution in [2.24, 2.45) is 5.92 Å². The zero-order valence-corrected chi connectivity index (χ0v) is 14.7. The summed E-state index contributed by atoms with van der Waals surface area (Å²) >= 11 is 0. The molecule has 0 spiro atoms. The van der Waals surface area contributed by atoms with Gasteiger partial charge in [-0.05, 0) is 38.1 Å². The third-order valence-electron chi connectivity index (χ3n) is 4.78. The Morgan fingerprint density at radius 3 is 2.23 bits per heavy atom. The van der Waals surface area contributed by atoms with Gasteiger partial charge < -0.3 is 28.7 Å². The van der Waals surface area contributed by atoms with Gasteiger partial charge in [0.1, 0.15) is 12.0 Å². The molecule has 0 aromatic carbocycles. The lowest BCUT2D eigenvalue weighted by molar-refractivity contribution is -0.148. The van der Waals surface area contributed by atoms with E-state index >= 15 is 0 Å². The predicted octanol–water partition coefficient (Wildman–Crippen LogP) is 1.92. The zero-order chi connectivity index (χ0) is 19.1. The van der Waals surface area contributed by atoms with Crippen LogP contribution in [0.5, 0.6) is 0 Å². The standard InChI is InChI=1S/C19H21NO6/c1-11(10-21)17(22)12(2)20-16(14-7-5-9-26-14)15(13-6-4-8-25-13)18(23)19(20,3)24/h4-12,17,22,24H,1-3H3. The molecule has 0 radical (unpaired) electrons. The first kappa shape index (κ1) is 18.2. The molecule has 4 atom stereocenters. The lowest BCUT2D eigenvalue weighted by Crippen LogP contribution is -2.55. The summed E-state index contributed by atoms with van der Waals surface area (Å²) < 4.78 is 10.9. The van der Waals surface area contributed by atoms with E-state index in [2.05, 4.69) is 0 Å². The van der Waals surface area contributed by atoms with E-state index in [1.54, 1.807) is 38.1 Å². The Labute approximate surface area is 150 Å². The average molecular weight is 359 g/mol. The van der Waals surface area contributed by atoms with E-state index in [9.17, 15) is 19.8 Å². The molecule has 0 saturated carbocycles. The fourth-order valence-corrected chi connectivity index (χ4v) is 3.37. The van der Waals surface area contributed by atoms with Crippen LogP contribution in [-0.2, 0) is 9.59 Å².